The fourth-order valence-electron chi connectivity index (χ4n) is 0.388. The molecule has 0 saturated carbocycles. The van der Waals surface area contributed by atoms with E-state index in [1.807, 2.05) is 0 Å². The lowest BCUT2D eigenvalue weighted by Crippen LogP contribution is -2.40. The van der Waals surface area contributed by atoms with Gasteiger partial charge >= 0.3 is 0 Å². The van der Waals surface area contributed by atoms with E-state index in [2.05, 4.69) is 0 Å². The number of hydrogen-bond acceptors (Lipinski definition) is 5. The van der Waals surface area contributed by atoms with Crippen LogP contribution in [0.1, 0.15) is 1.37 Å². The lowest BCUT2D eigenvalue weighted by atomic mass is 10.1. The van der Waals surface area contributed by atoms with Gasteiger partial charge in [-0.15, -0.1) is 0 Å². The summed E-state index contributed by atoms with van der Waals surface area (Å²) in [7, 11) is 0. The summed E-state index contributed by atoms with van der Waals surface area (Å²) in [6, 6.07) is 0. The summed E-state index contributed by atoms with van der Waals surface area (Å²) in [5.74, 6) is 0. The molecule has 0 amide bonds. The van der Waals surface area contributed by atoms with Crippen molar-refractivity contribution in [1.29, 1.82) is 0 Å². The van der Waals surface area contributed by atoms with E-state index in [1.54, 1.807) is 0 Å². The van der Waals surface area contributed by atoms with Crippen LogP contribution in [0.5, 0.6) is 0 Å². The molecule has 60 valence electrons. The average Bonchev–Trinajstić information content (AvgIpc) is 2.00. The van der Waals surface area contributed by atoms with Crippen molar-refractivity contribution in [1.82, 2.24) is 0 Å². The van der Waals surface area contributed by atoms with Crippen LogP contribution in [0.3, 0.4) is 0 Å². The van der Waals surface area contributed by atoms with E-state index in [0.29, 0.717) is 0 Å². The monoisotopic (exact) mass is 152 g/mol. The van der Waals surface area contributed by atoms with Gasteiger partial charge in [-0.05, 0) is 0 Å². The zero-order valence-electron chi connectivity index (χ0n) is 6.14. The van der Waals surface area contributed by atoms with E-state index in [-0.39, 0.29) is 0 Å². The molecule has 0 aliphatic carbocycles. The maximum atomic E-state index is 10.1. The third-order valence-corrected chi connectivity index (χ3v) is 1.03. The molecular weight excluding hydrogens is 140 g/mol. The quantitative estimate of drug-likeness (QED) is 0.328. The molecule has 5 nitrogen and oxygen atoms in total. The first-order chi connectivity index (χ1) is 5.00. The van der Waals surface area contributed by atoms with Gasteiger partial charge in [-0.25, -0.2) is 0 Å². The Morgan fingerprint density at radius 2 is 2.00 bits per heavy atom. The summed E-state index contributed by atoms with van der Waals surface area (Å²) >= 11 is 0. The highest BCUT2D eigenvalue weighted by atomic mass is 16.4. The summed E-state index contributed by atoms with van der Waals surface area (Å²) < 4.78 is 6.34. The second-order valence-corrected chi connectivity index (χ2v) is 1.80. The molecule has 5 heteroatoms. The van der Waals surface area contributed by atoms with Crippen LogP contribution in [0.2, 0.25) is 0 Å². The zero-order chi connectivity index (χ0) is 9.02. The van der Waals surface area contributed by atoms with E-state index < -0.39 is 31.2 Å². The summed E-state index contributed by atoms with van der Waals surface area (Å²) in [6.45, 7) is -0.772. The molecule has 0 radical (unpaired) electrons. The number of aliphatic hydroxyl groups excluding tert-OH is 4. The van der Waals surface area contributed by atoms with Crippen molar-refractivity contribution < 1.29 is 26.6 Å². The molecule has 0 heterocycles. The summed E-state index contributed by atoms with van der Waals surface area (Å²) in [5, 5.41) is 34.3. The molecule has 0 spiro atoms. The number of carbonyl (C=O) groups is 1. The van der Waals surface area contributed by atoms with Crippen molar-refractivity contribution in [3.05, 3.63) is 0 Å². The van der Waals surface area contributed by atoms with Gasteiger partial charge in [0.05, 0.1) is 6.61 Å². The number of rotatable bonds is 4. The lowest BCUT2D eigenvalue weighted by molar-refractivity contribution is -0.127. The second-order valence-electron chi connectivity index (χ2n) is 1.80. The Balaban J connectivity index is 4.00. The van der Waals surface area contributed by atoms with Crippen molar-refractivity contribution in [2.75, 3.05) is 6.61 Å². The molecule has 0 aliphatic heterocycles. The first kappa shape index (κ1) is 7.62. The van der Waals surface area contributed by atoms with E-state index >= 15 is 0 Å². The minimum atomic E-state index is -1.96. The van der Waals surface area contributed by atoms with Crippen LogP contribution in [0, 0.1) is 0 Å². The Bertz CT molecular complexity index is 139. The predicted molar refractivity (Wildman–Crippen MR) is 31.2 cm³/mol. The Hall–Kier alpha value is -0.490. The predicted octanol–water partition coefficient (Wildman–Crippen LogP) is -2.74. The van der Waals surface area contributed by atoms with Crippen LogP contribution >= 0.6 is 0 Å². The smallest absolute Gasteiger partial charge is 0.151 e. The van der Waals surface area contributed by atoms with Crippen LogP contribution in [0.25, 0.3) is 0 Å². The Morgan fingerprint density at radius 3 is 2.30 bits per heavy atom. The van der Waals surface area contributed by atoms with Gasteiger partial charge < -0.3 is 25.2 Å². The minimum absolute atomic E-state index is 0.772. The topological polar surface area (TPSA) is 98.0 Å². The standard InChI is InChI=1S/C5H10O5/c6-1-3(8)5(10)4(9)2-7/h1,3-5,7-10H,2H2/t3-,4+,5-/m0/s1/i1T. The second kappa shape index (κ2) is 4.35. The molecule has 0 aliphatic rings. The van der Waals surface area contributed by atoms with Crippen molar-refractivity contribution in [2.45, 2.75) is 18.3 Å². The summed E-state index contributed by atoms with van der Waals surface area (Å²) in [6.07, 6.45) is -6.76. The van der Waals surface area contributed by atoms with Gasteiger partial charge in [-0.3, -0.25) is 0 Å². The van der Waals surface area contributed by atoms with Crippen LogP contribution in [0.15, 0.2) is 0 Å². The maximum Gasteiger partial charge on any atom is 0.151 e. The number of aliphatic hydroxyl groups is 4. The van der Waals surface area contributed by atoms with E-state index in [0.717, 1.165) is 0 Å². The number of aldehydes is 1. The van der Waals surface area contributed by atoms with Crippen molar-refractivity contribution in [2.24, 2.45) is 0 Å². The first-order valence-electron chi connectivity index (χ1n) is 3.16. The van der Waals surface area contributed by atoms with Crippen LogP contribution in [-0.2, 0) is 4.79 Å². The van der Waals surface area contributed by atoms with Gasteiger partial charge in [0.15, 0.2) is 6.26 Å². The molecule has 4 N–H and O–H groups in total. The first-order valence-corrected chi connectivity index (χ1v) is 2.66. The van der Waals surface area contributed by atoms with Crippen molar-refractivity contribution in [3.8, 4) is 0 Å². The van der Waals surface area contributed by atoms with Crippen molar-refractivity contribution >= 4 is 6.26 Å². The maximum absolute atomic E-state index is 10.1. The molecule has 0 aromatic carbocycles. The van der Waals surface area contributed by atoms with E-state index in [1.165, 1.54) is 0 Å². The molecule has 0 fully saturated rings. The molecule has 0 saturated heterocycles. The number of carbonyl (C=O) groups excluding carboxylic acids is 1. The number of hydrogen-bond donors (Lipinski definition) is 4. The van der Waals surface area contributed by atoms with Gasteiger partial charge in [0, 0.05) is 0 Å². The molecule has 0 aromatic rings. The average molecular weight is 152 g/mol. The highest BCUT2D eigenvalue weighted by molar-refractivity contribution is 5.56. The van der Waals surface area contributed by atoms with Gasteiger partial charge in [0.1, 0.15) is 19.7 Å². The Kier molecular flexibility index (Phi) is 3.31. The molecule has 3 atom stereocenters. The largest absolute Gasteiger partial charge is 0.394 e. The normalized spacial score (nSPS) is 21.0. The highest BCUT2D eigenvalue weighted by Crippen LogP contribution is 1.96. The summed E-state index contributed by atoms with van der Waals surface area (Å²) in [4.78, 5) is 10.1. The fourth-order valence-corrected chi connectivity index (χ4v) is 0.388. The highest BCUT2D eigenvalue weighted by Gasteiger charge is 2.22. The van der Waals surface area contributed by atoms with Gasteiger partial charge in [0.25, 0.3) is 0 Å². The Labute approximate surface area is 58.9 Å². The molecular formula is C5H10O5. The SMILES string of the molecule is [3H]C(=O)[C@H](O)[C@H](O)[C@H](O)CO. The van der Waals surface area contributed by atoms with Crippen molar-refractivity contribution in [3.63, 3.8) is 0 Å². The summed E-state index contributed by atoms with van der Waals surface area (Å²) in [5.41, 5.74) is 0. The van der Waals surface area contributed by atoms with Gasteiger partial charge in [-0.1, -0.05) is 0 Å². The van der Waals surface area contributed by atoms with Crippen LogP contribution < -0.4 is 0 Å². The van der Waals surface area contributed by atoms with Gasteiger partial charge in [-0.2, -0.15) is 0 Å². The van der Waals surface area contributed by atoms with Gasteiger partial charge in [0.2, 0.25) is 0 Å². The lowest BCUT2D eigenvalue weighted by Gasteiger charge is -2.16. The van der Waals surface area contributed by atoms with E-state index in [9.17, 15) is 4.79 Å². The third-order valence-electron chi connectivity index (χ3n) is 1.03. The fraction of sp³-hybridized carbons (Fsp3) is 0.800. The molecule has 0 unspecified atom stereocenters. The van der Waals surface area contributed by atoms with Crippen LogP contribution in [0.4, 0.5) is 0 Å². The molecule has 0 rings (SSSR count). The molecule has 10 heavy (non-hydrogen) atoms. The van der Waals surface area contributed by atoms with Crippen LogP contribution in [-0.4, -0.2) is 51.6 Å². The minimum Gasteiger partial charge on any atom is -0.394 e. The molecule has 0 bridgehead atoms. The zero-order valence-corrected chi connectivity index (χ0v) is 5.14. The van der Waals surface area contributed by atoms with E-state index in [4.69, 9.17) is 21.8 Å². The third kappa shape index (κ3) is 2.40. The Morgan fingerprint density at radius 1 is 1.50 bits per heavy atom. The molecule has 0 aromatic heterocycles.